The summed E-state index contributed by atoms with van der Waals surface area (Å²) in [6.45, 7) is 5.81. The molecule has 1 aromatic carbocycles. The second kappa shape index (κ2) is 6.35. The van der Waals surface area contributed by atoms with Crippen molar-refractivity contribution in [3.05, 3.63) is 42.1 Å². The maximum atomic E-state index is 9.56. The highest BCUT2D eigenvalue weighted by molar-refractivity contribution is 5.54. The van der Waals surface area contributed by atoms with Gasteiger partial charge in [0.15, 0.2) is 0 Å². The van der Waals surface area contributed by atoms with E-state index in [9.17, 15) is 10.2 Å². The maximum absolute atomic E-state index is 9.56. The fraction of sp³-hybridized carbons (Fsp3) is 0.312. The molecule has 0 spiro atoms. The molecule has 0 bridgehead atoms. The zero-order valence-electron chi connectivity index (χ0n) is 12.4. The lowest BCUT2D eigenvalue weighted by Crippen LogP contribution is -2.12. The quantitative estimate of drug-likeness (QED) is 0.785. The molecule has 2 rings (SSSR count). The minimum absolute atomic E-state index is 0.0283. The minimum atomic E-state index is -0.123. The van der Waals surface area contributed by atoms with Crippen LogP contribution in [0.1, 0.15) is 32.4 Å². The summed E-state index contributed by atoms with van der Waals surface area (Å²) in [7, 11) is 0. The van der Waals surface area contributed by atoms with Crippen LogP contribution in [0.4, 0.5) is 5.69 Å². The molecule has 3 N–H and O–H groups in total. The lowest BCUT2D eigenvalue weighted by Gasteiger charge is -2.19. The van der Waals surface area contributed by atoms with Gasteiger partial charge in [0.05, 0.1) is 11.8 Å². The molecule has 0 saturated carbocycles. The van der Waals surface area contributed by atoms with E-state index in [4.69, 9.17) is 4.74 Å². The van der Waals surface area contributed by atoms with Gasteiger partial charge in [-0.05, 0) is 50.6 Å². The number of hydrogen-bond acceptors (Lipinski definition) is 5. The molecule has 1 aromatic heterocycles. The highest BCUT2D eigenvalue weighted by Crippen LogP contribution is 2.30. The summed E-state index contributed by atoms with van der Waals surface area (Å²) >= 11 is 0. The lowest BCUT2D eigenvalue weighted by atomic mass is 10.1. The number of hydrogen-bond donors (Lipinski definition) is 3. The van der Waals surface area contributed by atoms with Crippen LogP contribution in [-0.2, 0) is 0 Å². The Morgan fingerprint density at radius 2 is 1.76 bits per heavy atom. The molecule has 1 heterocycles. The Morgan fingerprint density at radius 3 is 2.38 bits per heavy atom. The van der Waals surface area contributed by atoms with Crippen LogP contribution in [0, 0.1) is 0 Å². The highest BCUT2D eigenvalue weighted by Gasteiger charge is 2.12. The fourth-order valence-electron chi connectivity index (χ4n) is 2.00. The molecule has 5 heteroatoms. The summed E-state index contributed by atoms with van der Waals surface area (Å²) in [4.78, 5) is 4.22. The van der Waals surface area contributed by atoms with Crippen LogP contribution in [0.2, 0.25) is 0 Å². The molecule has 21 heavy (non-hydrogen) atoms. The Kier molecular flexibility index (Phi) is 4.52. The molecule has 2 aromatic rings. The highest BCUT2D eigenvalue weighted by atomic mass is 16.5. The summed E-state index contributed by atoms with van der Waals surface area (Å²) in [6.07, 6.45) is 1.70. The van der Waals surface area contributed by atoms with E-state index in [0.29, 0.717) is 5.88 Å². The summed E-state index contributed by atoms with van der Waals surface area (Å²) in [5, 5.41) is 22.4. The van der Waals surface area contributed by atoms with Crippen molar-refractivity contribution in [3.63, 3.8) is 0 Å². The van der Waals surface area contributed by atoms with Gasteiger partial charge in [-0.15, -0.1) is 0 Å². The second-order valence-corrected chi connectivity index (χ2v) is 5.17. The van der Waals surface area contributed by atoms with Crippen molar-refractivity contribution in [2.45, 2.75) is 32.9 Å². The second-order valence-electron chi connectivity index (χ2n) is 5.17. The van der Waals surface area contributed by atoms with Crippen LogP contribution in [0.25, 0.3) is 0 Å². The normalized spacial score (nSPS) is 12.2. The predicted molar refractivity (Wildman–Crippen MR) is 81.8 cm³/mol. The summed E-state index contributed by atoms with van der Waals surface area (Å²) in [5.74, 6) is 0.593. The number of anilines is 1. The van der Waals surface area contributed by atoms with Crippen LogP contribution >= 0.6 is 0 Å². The minimum Gasteiger partial charge on any atom is -0.508 e. The van der Waals surface area contributed by atoms with Crippen molar-refractivity contribution in [2.24, 2.45) is 0 Å². The topological polar surface area (TPSA) is 74.6 Å². The van der Waals surface area contributed by atoms with Gasteiger partial charge in [-0.3, -0.25) is 0 Å². The molecular weight excluding hydrogens is 268 g/mol. The Morgan fingerprint density at radius 1 is 1.10 bits per heavy atom. The number of rotatable bonds is 5. The maximum Gasteiger partial charge on any atom is 0.237 e. The van der Waals surface area contributed by atoms with Gasteiger partial charge in [0.25, 0.3) is 0 Å². The largest absolute Gasteiger partial charge is 0.508 e. The van der Waals surface area contributed by atoms with E-state index in [0.717, 1.165) is 11.3 Å². The van der Waals surface area contributed by atoms with Gasteiger partial charge in [-0.2, -0.15) is 0 Å². The smallest absolute Gasteiger partial charge is 0.237 e. The van der Waals surface area contributed by atoms with Gasteiger partial charge in [0, 0.05) is 18.3 Å². The van der Waals surface area contributed by atoms with Crippen LogP contribution in [0.15, 0.2) is 36.5 Å². The van der Waals surface area contributed by atoms with E-state index in [-0.39, 0.29) is 23.6 Å². The van der Waals surface area contributed by atoms with Gasteiger partial charge in [-0.1, -0.05) is 0 Å². The van der Waals surface area contributed by atoms with Crippen molar-refractivity contribution in [3.8, 4) is 17.4 Å². The number of benzene rings is 1. The first-order chi connectivity index (χ1) is 9.95. The first-order valence-corrected chi connectivity index (χ1v) is 6.87. The number of nitrogens with zero attached hydrogens (tertiary/aromatic N) is 1. The Bertz CT molecular complexity index is 594. The summed E-state index contributed by atoms with van der Waals surface area (Å²) in [6, 6.07) is 8.09. The third-order valence-corrected chi connectivity index (χ3v) is 2.92. The SMILES string of the molecule is CC(C)Oc1ncccc1NC(C)c1cc(O)cc(O)c1. The Labute approximate surface area is 124 Å². The molecule has 0 aliphatic rings. The molecule has 0 aliphatic heterocycles. The molecular formula is C16H20N2O3. The molecule has 1 atom stereocenters. The molecule has 5 nitrogen and oxygen atoms in total. The number of nitrogens with one attached hydrogen (secondary N) is 1. The van der Waals surface area contributed by atoms with Crippen molar-refractivity contribution in [1.82, 2.24) is 4.98 Å². The number of aromatic hydroxyl groups is 2. The molecule has 0 fully saturated rings. The summed E-state index contributed by atoms with van der Waals surface area (Å²) < 4.78 is 5.66. The van der Waals surface area contributed by atoms with Crippen LogP contribution in [0.5, 0.6) is 17.4 Å². The van der Waals surface area contributed by atoms with E-state index in [1.54, 1.807) is 18.3 Å². The van der Waals surface area contributed by atoms with E-state index in [2.05, 4.69) is 10.3 Å². The zero-order valence-corrected chi connectivity index (χ0v) is 12.4. The number of phenolic OH excluding ortho intramolecular Hbond substituents is 2. The molecule has 0 radical (unpaired) electrons. The summed E-state index contributed by atoms with van der Waals surface area (Å²) in [5.41, 5.74) is 1.54. The van der Waals surface area contributed by atoms with Crippen LogP contribution in [0.3, 0.4) is 0 Å². The van der Waals surface area contributed by atoms with Gasteiger partial charge < -0.3 is 20.3 Å². The first-order valence-electron chi connectivity index (χ1n) is 6.87. The Hall–Kier alpha value is -2.43. The lowest BCUT2D eigenvalue weighted by molar-refractivity contribution is 0.234. The fourth-order valence-corrected chi connectivity index (χ4v) is 2.00. The van der Waals surface area contributed by atoms with Gasteiger partial charge >= 0.3 is 0 Å². The zero-order chi connectivity index (χ0) is 15.4. The number of aromatic nitrogens is 1. The van der Waals surface area contributed by atoms with Crippen LogP contribution in [-0.4, -0.2) is 21.3 Å². The third-order valence-electron chi connectivity index (χ3n) is 2.92. The van der Waals surface area contributed by atoms with E-state index < -0.39 is 0 Å². The molecule has 112 valence electrons. The van der Waals surface area contributed by atoms with Gasteiger partial charge in [0.1, 0.15) is 11.5 Å². The molecule has 0 amide bonds. The Balaban J connectivity index is 2.21. The number of ether oxygens (including phenoxy) is 1. The predicted octanol–water partition coefficient (Wildman–Crippen LogP) is 3.45. The van der Waals surface area contributed by atoms with Crippen molar-refractivity contribution in [1.29, 1.82) is 0 Å². The number of pyridine rings is 1. The molecule has 0 saturated heterocycles. The van der Waals surface area contributed by atoms with Gasteiger partial charge in [-0.25, -0.2) is 4.98 Å². The molecule has 1 unspecified atom stereocenters. The van der Waals surface area contributed by atoms with Crippen LogP contribution < -0.4 is 10.1 Å². The van der Waals surface area contributed by atoms with E-state index >= 15 is 0 Å². The average Bonchev–Trinajstić information content (AvgIpc) is 2.39. The van der Waals surface area contributed by atoms with Crippen molar-refractivity contribution in [2.75, 3.05) is 5.32 Å². The number of phenols is 2. The molecule has 0 aliphatic carbocycles. The first kappa shape index (κ1) is 15.0. The van der Waals surface area contributed by atoms with Gasteiger partial charge in [0.2, 0.25) is 5.88 Å². The van der Waals surface area contributed by atoms with E-state index in [1.807, 2.05) is 32.9 Å². The standard InChI is InChI=1S/C16H20N2O3/c1-10(2)21-16-15(5-4-6-17-16)18-11(3)12-7-13(19)9-14(20)8-12/h4-11,18-20H,1-3H3. The van der Waals surface area contributed by atoms with Crippen molar-refractivity contribution < 1.29 is 14.9 Å². The van der Waals surface area contributed by atoms with E-state index in [1.165, 1.54) is 6.07 Å². The van der Waals surface area contributed by atoms with Crippen molar-refractivity contribution >= 4 is 5.69 Å². The average molecular weight is 288 g/mol. The third kappa shape index (κ3) is 4.02. The monoisotopic (exact) mass is 288 g/mol.